The van der Waals surface area contributed by atoms with Crippen LogP contribution in [0.1, 0.15) is 60.7 Å². The van der Waals surface area contributed by atoms with Crippen molar-refractivity contribution in [2.24, 2.45) is 0 Å². The molecule has 1 N–H and O–H groups in total. The molecule has 27 heavy (non-hydrogen) atoms. The highest BCUT2D eigenvalue weighted by Gasteiger charge is 2.33. The van der Waals surface area contributed by atoms with Crippen LogP contribution >= 0.6 is 11.3 Å². The minimum absolute atomic E-state index is 0.267. The van der Waals surface area contributed by atoms with Crippen molar-refractivity contribution in [2.45, 2.75) is 69.4 Å². The third-order valence-electron chi connectivity index (χ3n) is 6.73. The fraction of sp³-hybridized carbons (Fsp3) is 0.714. The second-order valence-corrected chi connectivity index (χ2v) is 9.81. The maximum Gasteiger partial charge on any atom is 0.138 e. The van der Waals surface area contributed by atoms with Crippen LogP contribution in [0, 0.1) is 0 Å². The summed E-state index contributed by atoms with van der Waals surface area (Å²) in [4.78, 5) is 15.4. The Labute approximate surface area is 164 Å². The molecule has 0 amide bonds. The number of morpholine rings is 1. The predicted molar refractivity (Wildman–Crippen MR) is 109 cm³/mol. The van der Waals surface area contributed by atoms with Crippen molar-refractivity contribution in [3.05, 3.63) is 16.3 Å². The van der Waals surface area contributed by atoms with Crippen LogP contribution in [-0.4, -0.2) is 53.3 Å². The largest absolute Gasteiger partial charge is 0.373 e. The van der Waals surface area contributed by atoms with E-state index in [2.05, 4.69) is 10.2 Å². The van der Waals surface area contributed by atoms with E-state index in [1.807, 2.05) is 11.3 Å². The number of hydrogen-bond acceptors (Lipinski definition) is 6. The van der Waals surface area contributed by atoms with Gasteiger partial charge in [0.15, 0.2) is 0 Å². The Morgan fingerprint density at radius 1 is 1.11 bits per heavy atom. The second-order valence-electron chi connectivity index (χ2n) is 8.72. The van der Waals surface area contributed by atoms with E-state index in [1.165, 1.54) is 73.7 Å². The first kappa shape index (κ1) is 16.7. The number of thiophene rings is 1. The number of anilines is 1. The molecule has 2 aliphatic heterocycles. The van der Waals surface area contributed by atoms with Gasteiger partial charge in [0.2, 0.25) is 0 Å². The molecule has 0 radical (unpaired) electrons. The normalized spacial score (nSPS) is 28.3. The van der Waals surface area contributed by atoms with Gasteiger partial charge in [0.05, 0.1) is 18.1 Å². The van der Waals surface area contributed by atoms with Crippen LogP contribution in [-0.2, 0) is 17.6 Å². The third kappa shape index (κ3) is 3.06. The number of aromatic nitrogens is 2. The summed E-state index contributed by atoms with van der Waals surface area (Å²) in [7, 11) is 0. The smallest absolute Gasteiger partial charge is 0.138 e. The lowest BCUT2D eigenvalue weighted by Crippen LogP contribution is -2.48. The van der Waals surface area contributed by atoms with E-state index in [-0.39, 0.29) is 6.10 Å². The average Bonchev–Trinajstić information content (AvgIpc) is 3.32. The van der Waals surface area contributed by atoms with Gasteiger partial charge in [0.1, 0.15) is 16.5 Å². The Bertz CT molecular complexity index is 861. The van der Waals surface area contributed by atoms with Crippen LogP contribution in [0.25, 0.3) is 10.2 Å². The van der Waals surface area contributed by atoms with Crippen molar-refractivity contribution >= 4 is 27.4 Å². The van der Waals surface area contributed by atoms with E-state index in [1.54, 1.807) is 4.88 Å². The number of hydrogen-bond donors (Lipinski definition) is 1. The molecule has 6 rings (SSSR count). The predicted octanol–water partition coefficient (Wildman–Crippen LogP) is 3.72. The van der Waals surface area contributed by atoms with Crippen molar-refractivity contribution in [3.8, 4) is 0 Å². The molecule has 2 unspecified atom stereocenters. The van der Waals surface area contributed by atoms with E-state index in [0.717, 1.165) is 31.3 Å². The Kier molecular flexibility index (Phi) is 4.13. The van der Waals surface area contributed by atoms with Crippen molar-refractivity contribution in [1.82, 2.24) is 14.9 Å². The molecular formula is C21H28N4OS. The Balaban J connectivity index is 1.28. The van der Waals surface area contributed by atoms with E-state index in [4.69, 9.17) is 14.7 Å². The summed E-state index contributed by atoms with van der Waals surface area (Å²) < 4.78 is 6.16. The minimum Gasteiger partial charge on any atom is -0.373 e. The van der Waals surface area contributed by atoms with Gasteiger partial charge in [0, 0.05) is 29.9 Å². The molecule has 0 aromatic carbocycles. The molecule has 4 aliphatic rings. The molecular weight excluding hydrogens is 356 g/mol. The van der Waals surface area contributed by atoms with Crippen LogP contribution in [0.4, 0.5) is 5.82 Å². The zero-order chi connectivity index (χ0) is 17.8. The fourth-order valence-corrected chi connectivity index (χ4v) is 6.31. The van der Waals surface area contributed by atoms with Crippen molar-refractivity contribution in [3.63, 3.8) is 0 Å². The third-order valence-corrected chi connectivity index (χ3v) is 7.92. The molecule has 3 fully saturated rings. The van der Waals surface area contributed by atoms with Crippen molar-refractivity contribution in [2.75, 3.05) is 31.6 Å². The summed E-state index contributed by atoms with van der Waals surface area (Å²) >= 11 is 1.92. The van der Waals surface area contributed by atoms with Crippen LogP contribution in [0.15, 0.2) is 0 Å². The highest BCUT2D eigenvalue weighted by Crippen LogP contribution is 2.43. The van der Waals surface area contributed by atoms with Crippen LogP contribution in [0.3, 0.4) is 0 Å². The molecule has 2 aliphatic carbocycles. The number of nitrogens with one attached hydrogen (secondary N) is 1. The van der Waals surface area contributed by atoms with Crippen molar-refractivity contribution in [1.29, 1.82) is 0 Å². The Morgan fingerprint density at radius 3 is 2.96 bits per heavy atom. The van der Waals surface area contributed by atoms with Gasteiger partial charge in [-0.1, -0.05) is 0 Å². The highest BCUT2D eigenvalue weighted by atomic mass is 32.1. The lowest BCUT2D eigenvalue weighted by atomic mass is 9.97. The van der Waals surface area contributed by atoms with Gasteiger partial charge >= 0.3 is 0 Å². The van der Waals surface area contributed by atoms with Gasteiger partial charge in [-0.2, -0.15) is 0 Å². The topological polar surface area (TPSA) is 50.3 Å². The molecule has 2 saturated heterocycles. The Morgan fingerprint density at radius 2 is 2.04 bits per heavy atom. The number of aryl methyl sites for hydroxylation is 2. The molecule has 2 aromatic rings. The summed E-state index contributed by atoms with van der Waals surface area (Å²) in [5, 5.41) is 5.01. The summed E-state index contributed by atoms with van der Waals surface area (Å²) in [5.41, 5.74) is 1.52. The van der Waals surface area contributed by atoms with E-state index in [0.29, 0.717) is 12.0 Å². The highest BCUT2D eigenvalue weighted by molar-refractivity contribution is 7.19. The van der Waals surface area contributed by atoms with Crippen LogP contribution in [0.2, 0.25) is 0 Å². The first-order valence-corrected chi connectivity index (χ1v) is 11.6. The number of ether oxygens (including phenoxy) is 1. The molecule has 4 heterocycles. The lowest BCUT2D eigenvalue weighted by Gasteiger charge is -2.35. The molecule has 2 atom stereocenters. The van der Waals surface area contributed by atoms with Crippen molar-refractivity contribution < 1.29 is 4.74 Å². The first-order valence-electron chi connectivity index (χ1n) is 10.8. The average molecular weight is 385 g/mol. The molecule has 6 heteroatoms. The maximum absolute atomic E-state index is 6.16. The molecule has 0 spiro atoms. The van der Waals surface area contributed by atoms with Gasteiger partial charge in [-0.3, -0.25) is 4.90 Å². The zero-order valence-electron chi connectivity index (χ0n) is 15.9. The summed E-state index contributed by atoms with van der Waals surface area (Å²) in [6, 6.07) is 0.664. The Hall–Kier alpha value is -1.24. The minimum atomic E-state index is 0.267. The summed E-state index contributed by atoms with van der Waals surface area (Å²) in [6.45, 7) is 4.05. The standard InChI is InChI=1S/C21H28N4OS/c1-2-6-17-16(5-1)18-20(23-19(13-7-8-13)24-21(18)27-17)22-10-15-11-25-9-3-4-14(25)12-26-15/h13-15H,1-12H2,(H,22,23,24). The molecule has 144 valence electrons. The molecule has 2 aromatic heterocycles. The zero-order valence-corrected chi connectivity index (χ0v) is 16.7. The first-order chi connectivity index (χ1) is 13.3. The van der Waals surface area contributed by atoms with Crippen LogP contribution in [0.5, 0.6) is 0 Å². The second kappa shape index (κ2) is 6.68. The lowest BCUT2D eigenvalue weighted by molar-refractivity contribution is -0.0415. The summed E-state index contributed by atoms with van der Waals surface area (Å²) in [5.74, 6) is 2.73. The van der Waals surface area contributed by atoms with Gasteiger partial charge in [-0.15, -0.1) is 11.3 Å². The number of rotatable bonds is 4. The van der Waals surface area contributed by atoms with E-state index in [9.17, 15) is 0 Å². The van der Waals surface area contributed by atoms with Gasteiger partial charge < -0.3 is 10.1 Å². The van der Waals surface area contributed by atoms with E-state index < -0.39 is 0 Å². The van der Waals surface area contributed by atoms with Gasteiger partial charge in [-0.25, -0.2) is 9.97 Å². The summed E-state index contributed by atoms with van der Waals surface area (Å²) in [6.07, 6.45) is 10.4. The van der Waals surface area contributed by atoms with Crippen LogP contribution < -0.4 is 5.32 Å². The van der Waals surface area contributed by atoms with Gasteiger partial charge in [0.25, 0.3) is 0 Å². The number of fused-ring (bicyclic) bond motifs is 4. The fourth-order valence-electron chi connectivity index (χ4n) is 5.05. The molecule has 0 bridgehead atoms. The van der Waals surface area contributed by atoms with Gasteiger partial charge in [-0.05, 0) is 63.5 Å². The SMILES string of the molecule is C1CCc2c(sc3nc(C4CC4)nc(NCC4CN5CCCC5CO4)c23)C1. The monoisotopic (exact) mass is 384 g/mol. The molecule has 1 saturated carbocycles. The molecule has 5 nitrogen and oxygen atoms in total. The quantitative estimate of drug-likeness (QED) is 0.871. The number of nitrogens with zero attached hydrogens (tertiary/aromatic N) is 3. The maximum atomic E-state index is 6.16. The van der Waals surface area contributed by atoms with E-state index >= 15 is 0 Å².